The van der Waals surface area contributed by atoms with Crippen LogP contribution in [0.3, 0.4) is 0 Å². The van der Waals surface area contributed by atoms with Crippen LogP contribution >= 0.6 is 0 Å². The Morgan fingerprint density at radius 2 is 1.62 bits per heavy atom. The molecule has 0 aliphatic carbocycles. The molecule has 0 saturated carbocycles. The molecule has 29 heavy (non-hydrogen) atoms. The van der Waals surface area contributed by atoms with Gasteiger partial charge in [0.05, 0.1) is 14.2 Å². The van der Waals surface area contributed by atoms with Crippen LogP contribution in [0.1, 0.15) is 12.0 Å². The van der Waals surface area contributed by atoms with Gasteiger partial charge in [0.15, 0.2) is 0 Å². The van der Waals surface area contributed by atoms with Crippen molar-refractivity contribution in [2.24, 2.45) is 0 Å². The van der Waals surface area contributed by atoms with Crippen LogP contribution in [0.5, 0.6) is 11.5 Å². The second-order valence-corrected chi connectivity index (χ2v) is 7.24. The molecular weight excluding hydrogens is 366 g/mol. The highest BCUT2D eigenvalue weighted by Gasteiger charge is 2.16. The van der Waals surface area contributed by atoms with E-state index in [0.717, 1.165) is 49.8 Å². The summed E-state index contributed by atoms with van der Waals surface area (Å²) in [5.74, 6) is 1.57. The fraction of sp³-hybridized carbons (Fsp3) is 0.435. The highest BCUT2D eigenvalue weighted by atomic mass is 16.5. The van der Waals surface area contributed by atoms with Gasteiger partial charge >= 0.3 is 0 Å². The number of nitrogens with zero attached hydrogens (tertiary/aromatic N) is 2. The van der Waals surface area contributed by atoms with Gasteiger partial charge in [-0.05, 0) is 36.2 Å². The standard InChI is InChI=1S/C23H31N3O3/c1-28-21-16-19(17-22(18-21)29-2)8-9-23(27)24-10-11-25-12-14-26(15-13-25)20-6-4-3-5-7-20/h3-7,16-18H,8-15H2,1-2H3,(H,24,27). The maximum absolute atomic E-state index is 12.2. The van der Waals surface area contributed by atoms with Gasteiger partial charge in [-0.25, -0.2) is 0 Å². The smallest absolute Gasteiger partial charge is 0.220 e. The number of hydrogen-bond acceptors (Lipinski definition) is 5. The van der Waals surface area contributed by atoms with Gasteiger partial charge in [0.2, 0.25) is 5.91 Å². The third kappa shape index (κ3) is 6.39. The predicted molar refractivity (Wildman–Crippen MR) is 116 cm³/mol. The Hall–Kier alpha value is -2.73. The zero-order valence-electron chi connectivity index (χ0n) is 17.4. The normalized spacial score (nSPS) is 14.5. The van der Waals surface area contributed by atoms with Crippen molar-refractivity contribution < 1.29 is 14.3 Å². The van der Waals surface area contributed by atoms with Crippen molar-refractivity contribution in [3.05, 3.63) is 54.1 Å². The lowest BCUT2D eigenvalue weighted by Crippen LogP contribution is -2.48. The van der Waals surface area contributed by atoms with Crippen LogP contribution in [0.2, 0.25) is 0 Å². The van der Waals surface area contributed by atoms with Crippen molar-refractivity contribution in [3.63, 3.8) is 0 Å². The largest absolute Gasteiger partial charge is 0.497 e. The molecule has 0 unspecified atom stereocenters. The van der Waals surface area contributed by atoms with Gasteiger partial charge in [-0.1, -0.05) is 18.2 Å². The highest BCUT2D eigenvalue weighted by Crippen LogP contribution is 2.23. The van der Waals surface area contributed by atoms with Gasteiger partial charge < -0.3 is 19.7 Å². The molecule has 1 aliphatic heterocycles. The average Bonchev–Trinajstić information content (AvgIpc) is 2.78. The molecule has 156 valence electrons. The summed E-state index contributed by atoms with van der Waals surface area (Å²) in [7, 11) is 3.26. The number of para-hydroxylation sites is 1. The minimum Gasteiger partial charge on any atom is -0.497 e. The summed E-state index contributed by atoms with van der Waals surface area (Å²) in [6.07, 6.45) is 1.12. The molecular formula is C23H31N3O3. The van der Waals surface area contributed by atoms with Gasteiger partial charge in [0.25, 0.3) is 0 Å². The Bertz CT molecular complexity index is 752. The quantitative estimate of drug-likeness (QED) is 0.705. The van der Waals surface area contributed by atoms with Crippen LogP contribution in [-0.4, -0.2) is 64.3 Å². The third-order valence-electron chi connectivity index (χ3n) is 5.30. The number of carbonyl (C=O) groups is 1. The monoisotopic (exact) mass is 397 g/mol. The maximum Gasteiger partial charge on any atom is 0.220 e. The first-order valence-electron chi connectivity index (χ1n) is 10.2. The molecule has 0 spiro atoms. The van der Waals surface area contributed by atoms with E-state index in [-0.39, 0.29) is 5.91 Å². The van der Waals surface area contributed by atoms with Crippen LogP contribution in [-0.2, 0) is 11.2 Å². The molecule has 1 saturated heterocycles. The van der Waals surface area contributed by atoms with E-state index < -0.39 is 0 Å². The third-order valence-corrected chi connectivity index (χ3v) is 5.30. The van der Waals surface area contributed by atoms with Crippen molar-refractivity contribution in [1.29, 1.82) is 0 Å². The predicted octanol–water partition coefficient (Wildman–Crippen LogP) is 2.57. The highest BCUT2D eigenvalue weighted by molar-refractivity contribution is 5.76. The average molecular weight is 398 g/mol. The zero-order chi connectivity index (χ0) is 20.5. The molecule has 1 fully saturated rings. The Morgan fingerprint density at radius 3 is 2.24 bits per heavy atom. The van der Waals surface area contributed by atoms with E-state index in [1.54, 1.807) is 14.2 Å². The molecule has 1 amide bonds. The number of hydrogen-bond donors (Lipinski definition) is 1. The van der Waals surface area contributed by atoms with Crippen LogP contribution in [0, 0.1) is 0 Å². The number of methoxy groups -OCH3 is 2. The lowest BCUT2D eigenvalue weighted by Gasteiger charge is -2.36. The zero-order valence-corrected chi connectivity index (χ0v) is 17.4. The topological polar surface area (TPSA) is 54.0 Å². The second-order valence-electron chi connectivity index (χ2n) is 7.24. The van der Waals surface area contributed by atoms with Crippen LogP contribution in [0.15, 0.2) is 48.5 Å². The van der Waals surface area contributed by atoms with Crippen molar-refractivity contribution in [2.75, 3.05) is 58.4 Å². The van der Waals surface area contributed by atoms with Crippen molar-refractivity contribution in [3.8, 4) is 11.5 Å². The molecule has 6 heteroatoms. The van der Waals surface area contributed by atoms with E-state index in [1.807, 2.05) is 24.3 Å². The van der Waals surface area contributed by atoms with Crippen LogP contribution < -0.4 is 19.7 Å². The van der Waals surface area contributed by atoms with Crippen molar-refractivity contribution >= 4 is 11.6 Å². The van der Waals surface area contributed by atoms with Crippen LogP contribution in [0.4, 0.5) is 5.69 Å². The minimum absolute atomic E-state index is 0.0784. The Kier molecular flexibility index (Phi) is 7.76. The molecule has 1 heterocycles. The van der Waals surface area contributed by atoms with Gasteiger partial charge in [-0.2, -0.15) is 0 Å². The molecule has 2 aromatic carbocycles. The molecule has 0 radical (unpaired) electrons. The molecule has 1 N–H and O–H groups in total. The minimum atomic E-state index is 0.0784. The van der Waals surface area contributed by atoms with Gasteiger partial charge in [0, 0.05) is 57.4 Å². The number of benzene rings is 2. The summed E-state index contributed by atoms with van der Waals surface area (Å²) in [5.41, 5.74) is 2.32. The fourth-order valence-corrected chi connectivity index (χ4v) is 3.58. The molecule has 1 aliphatic rings. The second kappa shape index (κ2) is 10.7. The summed E-state index contributed by atoms with van der Waals surface area (Å²) in [4.78, 5) is 17.0. The van der Waals surface area contributed by atoms with Gasteiger partial charge in [-0.15, -0.1) is 0 Å². The first kappa shape index (κ1) is 21.0. The maximum atomic E-state index is 12.2. The number of amides is 1. The van der Waals surface area contributed by atoms with Crippen molar-refractivity contribution in [2.45, 2.75) is 12.8 Å². The Balaban J connectivity index is 1.34. The number of carbonyl (C=O) groups excluding carboxylic acids is 1. The number of aryl methyl sites for hydroxylation is 1. The first-order chi connectivity index (χ1) is 14.2. The van der Waals surface area contributed by atoms with Gasteiger partial charge in [0.1, 0.15) is 11.5 Å². The molecule has 0 aromatic heterocycles. The summed E-state index contributed by atoms with van der Waals surface area (Å²) in [5, 5.41) is 3.04. The first-order valence-corrected chi connectivity index (χ1v) is 10.2. The summed E-state index contributed by atoms with van der Waals surface area (Å²) < 4.78 is 10.6. The van der Waals surface area contributed by atoms with E-state index in [1.165, 1.54) is 5.69 Å². The lowest BCUT2D eigenvalue weighted by molar-refractivity contribution is -0.121. The lowest BCUT2D eigenvalue weighted by atomic mass is 10.1. The number of nitrogens with one attached hydrogen (secondary N) is 1. The van der Waals surface area contributed by atoms with E-state index in [0.29, 0.717) is 19.4 Å². The van der Waals surface area contributed by atoms with E-state index in [2.05, 4.69) is 39.4 Å². The SMILES string of the molecule is COc1cc(CCC(=O)NCCN2CCN(c3ccccc3)CC2)cc(OC)c1. The molecule has 6 nitrogen and oxygen atoms in total. The van der Waals surface area contributed by atoms with Crippen molar-refractivity contribution in [1.82, 2.24) is 10.2 Å². The number of rotatable bonds is 9. The number of anilines is 1. The molecule has 2 aromatic rings. The molecule has 0 atom stereocenters. The summed E-state index contributed by atoms with van der Waals surface area (Å²) >= 11 is 0. The fourth-order valence-electron chi connectivity index (χ4n) is 3.58. The number of piperazine rings is 1. The van der Waals surface area contributed by atoms with E-state index in [4.69, 9.17) is 9.47 Å². The summed E-state index contributed by atoms with van der Waals surface area (Å²) in [6.45, 7) is 5.67. The Morgan fingerprint density at radius 1 is 0.966 bits per heavy atom. The van der Waals surface area contributed by atoms with E-state index >= 15 is 0 Å². The van der Waals surface area contributed by atoms with Gasteiger partial charge in [-0.3, -0.25) is 9.69 Å². The molecule has 0 bridgehead atoms. The van der Waals surface area contributed by atoms with Crippen LogP contribution in [0.25, 0.3) is 0 Å². The molecule has 3 rings (SSSR count). The summed E-state index contributed by atoms with van der Waals surface area (Å²) in [6, 6.07) is 16.3. The number of ether oxygens (including phenoxy) is 2. The Labute approximate surface area is 173 Å². The van der Waals surface area contributed by atoms with E-state index in [9.17, 15) is 4.79 Å².